The minimum atomic E-state index is -0.377. The number of anilines is 3. The molecule has 0 atom stereocenters. The minimum Gasteiger partial charge on any atom is -0.476 e. The summed E-state index contributed by atoms with van der Waals surface area (Å²) in [6.07, 6.45) is 4.78. The smallest absolute Gasteiger partial charge is 0.324 e. The molecule has 2 N–H and O–H groups in total. The van der Waals surface area contributed by atoms with E-state index in [1.165, 1.54) is 12.8 Å². The number of nitrogens with zero attached hydrogens (tertiary/aromatic N) is 6. The molecule has 1 spiro atoms. The Kier molecular flexibility index (Phi) is 7.02. The zero-order valence-electron chi connectivity index (χ0n) is 25.1. The van der Waals surface area contributed by atoms with Crippen LogP contribution < -0.4 is 20.3 Å². The van der Waals surface area contributed by atoms with Gasteiger partial charge in [0, 0.05) is 78.7 Å². The number of nitrogens with one attached hydrogen (secondary N) is 2. The average Bonchev–Trinajstić information content (AvgIpc) is 3.42. The Balaban J connectivity index is 0.931. The molecule has 3 aromatic rings. The molecule has 12 heteroatoms. The quantitative estimate of drug-likeness (QED) is 0.348. The molecular weight excluding hydrogens is 564 g/mol. The van der Waals surface area contributed by atoms with E-state index in [1.54, 1.807) is 18.0 Å². The predicted octanol–water partition coefficient (Wildman–Crippen LogP) is 5.27. The lowest BCUT2D eigenvalue weighted by Gasteiger charge is -2.40. The molecule has 2 aromatic heterocycles. The number of benzene rings is 1. The number of aromatic nitrogens is 2. The molecule has 11 nitrogen and oxygen atoms in total. The second-order valence-electron chi connectivity index (χ2n) is 12.8. The fourth-order valence-corrected chi connectivity index (χ4v) is 6.84. The molecule has 43 heavy (non-hydrogen) atoms. The second kappa shape index (κ2) is 10.8. The van der Waals surface area contributed by atoms with Gasteiger partial charge in [-0.05, 0) is 38.1 Å². The van der Waals surface area contributed by atoms with Crippen molar-refractivity contribution in [3.8, 4) is 5.88 Å². The number of hydrogen-bond donors (Lipinski definition) is 2. The molecule has 2 fully saturated rings. The summed E-state index contributed by atoms with van der Waals surface area (Å²) < 4.78 is 13.7. The molecule has 5 heterocycles. The van der Waals surface area contributed by atoms with Crippen LogP contribution in [0.2, 0.25) is 0 Å². The van der Waals surface area contributed by atoms with Crippen molar-refractivity contribution >= 4 is 40.9 Å². The Hall–Kier alpha value is -3.74. The highest BCUT2D eigenvalue weighted by Crippen LogP contribution is 2.46. The lowest BCUT2D eigenvalue weighted by molar-refractivity contribution is 0.0703. The molecular formula is C31H38N8O3S. The highest BCUT2D eigenvalue weighted by Gasteiger charge is 2.49. The number of piperazine rings is 1. The van der Waals surface area contributed by atoms with Gasteiger partial charge in [-0.15, -0.1) is 0 Å². The molecule has 0 unspecified atom stereocenters. The van der Waals surface area contributed by atoms with Crippen molar-refractivity contribution < 1.29 is 14.1 Å². The van der Waals surface area contributed by atoms with E-state index in [2.05, 4.69) is 54.1 Å². The fourth-order valence-electron chi connectivity index (χ4n) is 5.79. The van der Waals surface area contributed by atoms with Gasteiger partial charge in [0.2, 0.25) is 5.88 Å². The Labute approximate surface area is 256 Å². The van der Waals surface area contributed by atoms with Crippen LogP contribution in [-0.4, -0.2) is 82.3 Å². The number of ether oxygens (including phenoxy) is 1. The van der Waals surface area contributed by atoms with Crippen LogP contribution in [0.3, 0.4) is 0 Å². The van der Waals surface area contributed by atoms with Gasteiger partial charge < -0.3 is 19.5 Å². The number of urea groups is 1. The first-order chi connectivity index (χ1) is 20.6. The standard InChI is InChI=1S/C31H38N8O3S/c1-30(2,3)25-17-26(35-42-25)33-29(40)32-22-7-5-21(6-8-22)24-18-38-20-39(24)43-28-23(38)9-10-27(34-28)41-16-15-37-14-13-36(4)31(19-37)11-12-31/h5-10,17-18H,11-16,19-20H2,1-4H3,(H2,32,33,35,40). The maximum absolute atomic E-state index is 12.5. The summed E-state index contributed by atoms with van der Waals surface area (Å²) >= 11 is 1.63. The highest BCUT2D eigenvalue weighted by atomic mass is 32.2. The molecule has 7 rings (SSSR count). The maximum atomic E-state index is 12.5. The van der Waals surface area contributed by atoms with Gasteiger partial charge in [0.05, 0.1) is 11.4 Å². The molecule has 4 aliphatic rings. The first-order valence-corrected chi connectivity index (χ1v) is 15.6. The molecule has 2 amide bonds. The SMILES string of the molecule is CN1CCN(CCOc2ccc3c(n2)SN2CN3C=C2c2ccc(NC(=O)Nc3cc(C(C)(C)C)on3)cc2)CC12CC2. The van der Waals surface area contributed by atoms with Gasteiger partial charge in [-0.2, -0.15) is 0 Å². The minimum absolute atomic E-state index is 0.186. The average molecular weight is 603 g/mol. The van der Waals surface area contributed by atoms with Crippen LogP contribution in [0.15, 0.2) is 58.2 Å². The summed E-state index contributed by atoms with van der Waals surface area (Å²) in [5.41, 5.74) is 4.14. The number of hydrogen-bond acceptors (Lipinski definition) is 10. The normalized spacial score (nSPS) is 19.3. The van der Waals surface area contributed by atoms with Gasteiger partial charge in [0.25, 0.3) is 0 Å². The molecule has 226 valence electrons. The summed E-state index contributed by atoms with van der Waals surface area (Å²) in [7, 11) is 2.26. The monoisotopic (exact) mass is 602 g/mol. The van der Waals surface area contributed by atoms with E-state index in [1.807, 2.05) is 51.1 Å². The van der Waals surface area contributed by atoms with E-state index >= 15 is 0 Å². The van der Waals surface area contributed by atoms with Crippen LogP contribution in [-0.2, 0) is 5.41 Å². The molecule has 1 saturated heterocycles. The number of pyridine rings is 1. The Morgan fingerprint density at radius 1 is 1.12 bits per heavy atom. The van der Waals surface area contributed by atoms with Crippen molar-refractivity contribution in [3.05, 3.63) is 60.0 Å². The summed E-state index contributed by atoms with van der Waals surface area (Å²) in [6, 6.07) is 13.2. The topological polar surface area (TPSA) is 102 Å². The largest absolute Gasteiger partial charge is 0.476 e. The third kappa shape index (κ3) is 5.78. The summed E-state index contributed by atoms with van der Waals surface area (Å²) in [5, 5.41) is 10.5. The van der Waals surface area contributed by atoms with Crippen LogP contribution in [0.1, 0.15) is 44.9 Å². The van der Waals surface area contributed by atoms with Crippen LogP contribution >= 0.6 is 11.9 Å². The third-order valence-corrected chi connectivity index (χ3v) is 9.65. The number of likely N-dealkylation sites (N-methyl/N-ethyl adjacent to an activating group) is 1. The van der Waals surface area contributed by atoms with E-state index in [-0.39, 0.29) is 11.4 Å². The van der Waals surface area contributed by atoms with Gasteiger partial charge in [-0.3, -0.25) is 19.4 Å². The predicted molar refractivity (Wildman–Crippen MR) is 168 cm³/mol. The fraction of sp³-hybridized carbons (Fsp3) is 0.452. The summed E-state index contributed by atoms with van der Waals surface area (Å²) in [6.45, 7) is 11.8. The van der Waals surface area contributed by atoms with E-state index in [0.717, 1.165) is 54.8 Å². The van der Waals surface area contributed by atoms with Crippen LogP contribution in [0, 0.1) is 0 Å². The van der Waals surface area contributed by atoms with Crippen LogP contribution in [0.4, 0.5) is 22.0 Å². The van der Waals surface area contributed by atoms with Crippen molar-refractivity contribution in [1.29, 1.82) is 0 Å². The van der Waals surface area contributed by atoms with E-state index in [0.29, 0.717) is 35.3 Å². The van der Waals surface area contributed by atoms with Crippen molar-refractivity contribution in [3.63, 3.8) is 0 Å². The van der Waals surface area contributed by atoms with Gasteiger partial charge in [-0.1, -0.05) is 38.1 Å². The molecule has 1 aliphatic carbocycles. The zero-order valence-corrected chi connectivity index (χ0v) is 25.9. The van der Waals surface area contributed by atoms with E-state index in [4.69, 9.17) is 14.2 Å². The molecule has 3 aliphatic heterocycles. The van der Waals surface area contributed by atoms with Crippen molar-refractivity contribution in [2.24, 2.45) is 0 Å². The second-order valence-corrected chi connectivity index (χ2v) is 13.8. The lowest BCUT2D eigenvalue weighted by atomic mass is 9.93. The number of fused-ring (bicyclic) bond motifs is 4. The first kappa shape index (κ1) is 28.1. The van der Waals surface area contributed by atoms with E-state index in [9.17, 15) is 4.79 Å². The van der Waals surface area contributed by atoms with Crippen LogP contribution in [0.25, 0.3) is 5.70 Å². The molecule has 0 radical (unpaired) electrons. The molecule has 1 saturated carbocycles. The number of rotatable bonds is 7. The van der Waals surface area contributed by atoms with Gasteiger partial charge >= 0.3 is 6.03 Å². The van der Waals surface area contributed by atoms with Crippen molar-refractivity contribution in [2.75, 3.05) is 62.0 Å². The van der Waals surface area contributed by atoms with Gasteiger partial charge in [-0.25, -0.2) is 9.78 Å². The maximum Gasteiger partial charge on any atom is 0.324 e. The highest BCUT2D eigenvalue weighted by molar-refractivity contribution is 7.97. The Morgan fingerprint density at radius 2 is 1.93 bits per heavy atom. The van der Waals surface area contributed by atoms with Crippen molar-refractivity contribution in [1.82, 2.24) is 24.2 Å². The van der Waals surface area contributed by atoms with Crippen LogP contribution in [0.5, 0.6) is 5.88 Å². The number of carbonyl (C=O) groups is 1. The number of carbonyl (C=O) groups excluding carboxylic acids is 1. The number of amides is 2. The third-order valence-electron chi connectivity index (χ3n) is 8.64. The Bertz CT molecular complexity index is 1550. The molecule has 1 aromatic carbocycles. The Morgan fingerprint density at radius 3 is 2.67 bits per heavy atom. The zero-order chi connectivity index (χ0) is 29.8. The van der Waals surface area contributed by atoms with Crippen molar-refractivity contribution in [2.45, 2.75) is 49.6 Å². The summed E-state index contributed by atoms with van der Waals surface area (Å²) in [5.74, 6) is 1.75. The van der Waals surface area contributed by atoms with E-state index < -0.39 is 0 Å². The first-order valence-electron chi connectivity index (χ1n) is 14.8. The van der Waals surface area contributed by atoms with Gasteiger partial charge in [0.15, 0.2) is 5.82 Å². The van der Waals surface area contributed by atoms with Gasteiger partial charge in [0.1, 0.15) is 24.1 Å². The summed E-state index contributed by atoms with van der Waals surface area (Å²) in [4.78, 5) is 24.6. The lowest BCUT2D eigenvalue weighted by Crippen LogP contribution is -2.53. The molecule has 2 bridgehead atoms.